The number of aromatic nitrogens is 2. The van der Waals surface area contributed by atoms with E-state index in [4.69, 9.17) is 9.47 Å². The molecule has 1 aromatic heterocycles. The highest BCUT2D eigenvalue weighted by Crippen LogP contribution is 2.27. The van der Waals surface area contributed by atoms with Gasteiger partial charge in [0.05, 0.1) is 32.0 Å². The van der Waals surface area contributed by atoms with Gasteiger partial charge in [-0.2, -0.15) is 5.10 Å². The fourth-order valence-corrected chi connectivity index (χ4v) is 3.37. The Kier molecular flexibility index (Phi) is 7.27. The van der Waals surface area contributed by atoms with Crippen molar-refractivity contribution < 1.29 is 19.1 Å². The Morgan fingerprint density at radius 3 is 2.31 bits per heavy atom. The molecule has 0 spiro atoms. The lowest BCUT2D eigenvalue weighted by molar-refractivity contribution is -0.120. The molecule has 3 aromatic carbocycles. The third kappa shape index (κ3) is 5.77. The summed E-state index contributed by atoms with van der Waals surface area (Å²) in [6.07, 6.45) is 1.63. The first-order valence-corrected chi connectivity index (χ1v) is 10.8. The van der Waals surface area contributed by atoms with Crippen LogP contribution in [-0.2, 0) is 4.79 Å². The van der Waals surface area contributed by atoms with E-state index in [0.29, 0.717) is 22.6 Å². The molecule has 35 heavy (non-hydrogen) atoms. The molecular weight excluding hydrogens is 446 g/mol. The second-order valence-electron chi connectivity index (χ2n) is 7.49. The fraction of sp³-hybridized carbons (Fsp3) is 0.115. The van der Waals surface area contributed by atoms with Crippen LogP contribution in [0.15, 0.2) is 85.1 Å². The maximum atomic E-state index is 13.0. The molecule has 2 amide bonds. The first-order valence-electron chi connectivity index (χ1n) is 10.8. The van der Waals surface area contributed by atoms with Crippen LogP contribution in [0.5, 0.6) is 11.5 Å². The number of methoxy groups -OCH3 is 2. The van der Waals surface area contributed by atoms with Gasteiger partial charge in [-0.3, -0.25) is 20.4 Å². The first kappa shape index (κ1) is 23.4. The number of para-hydroxylation sites is 1. The number of carbonyl (C=O) groups excluding carboxylic acids is 2. The van der Waals surface area contributed by atoms with Gasteiger partial charge in [0.2, 0.25) is 0 Å². The van der Waals surface area contributed by atoms with Crippen LogP contribution in [0.1, 0.15) is 10.4 Å². The first-order chi connectivity index (χ1) is 17.1. The average Bonchev–Trinajstić information content (AvgIpc) is 3.37. The van der Waals surface area contributed by atoms with E-state index in [9.17, 15) is 9.59 Å². The molecule has 9 heteroatoms. The summed E-state index contributed by atoms with van der Waals surface area (Å²) in [7, 11) is 3.16. The molecule has 9 nitrogen and oxygen atoms in total. The highest BCUT2D eigenvalue weighted by atomic mass is 16.5. The number of benzene rings is 3. The summed E-state index contributed by atoms with van der Waals surface area (Å²) in [5.74, 6) is 0.450. The van der Waals surface area contributed by atoms with E-state index < -0.39 is 11.8 Å². The van der Waals surface area contributed by atoms with E-state index in [1.165, 1.54) is 0 Å². The zero-order valence-corrected chi connectivity index (χ0v) is 19.3. The molecule has 0 atom stereocenters. The van der Waals surface area contributed by atoms with E-state index in [0.717, 1.165) is 17.1 Å². The topological polar surface area (TPSA) is 107 Å². The molecule has 4 rings (SSSR count). The lowest BCUT2D eigenvalue weighted by atomic mass is 10.1. The molecule has 0 aliphatic carbocycles. The second kappa shape index (κ2) is 10.9. The Morgan fingerprint density at radius 1 is 0.857 bits per heavy atom. The van der Waals surface area contributed by atoms with Gasteiger partial charge in [0.15, 0.2) is 0 Å². The molecule has 0 aliphatic rings. The predicted octanol–water partition coefficient (Wildman–Crippen LogP) is 3.43. The van der Waals surface area contributed by atoms with Crippen LogP contribution in [0, 0.1) is 0 Å². The third-order valence-corrected chi connectivity index (χ3v) is 5.18. The lowest BCUT2D eigenvalue weighted by Gasteiger charge is -2.10. The summed E-state index contributed by atoms with van der Waals surface area (Å²) in [6.45, 7) is -0.0291. The van der Waals surface area contributed by atoms with E-state index in [2.05, 4.69) is 21.3 Å². The zero-order valence-electron chi connectivity index (χ0n) is 19.3. The van der Waals surface area contributed by atoms with Gasteiger partial charge in [0, 0.05) is 17.4 Å². The van der Waals surface area contributed by atoms with E-state index in [1.54, 1.807) is 55.4 Å². The van der Waals surface area contributed by atoms with Crippen molar-refractivity contribution in [1.82, 2.24) is 20.6 Å². The minimum absolute atomic E-state index is 0.0291. The Labute approximate surface area is 202 Å². The SMILES string of the molecule is COc1ccc(NCC(=O)NNC(=O)c2cn(-c3ccccc3)nc2-c2cccc(OC)c2)cc1. The van der Waals surface area contributed by atoms with Gasteiger partial charge in [-0.15, -0.1) is 0 Å². The van der Waals surface area contributed by atoms with Gasteiger partial charge in [-0.05, 0) is 48.5 Å². The Bertz CT molecular complexity index is 1300. The van der Waals surface area contributed by atoms with Crippen molar-refractivity contribution in [3.8, 4) is 28.4 Å². The lowest BCUT2D eigenvalue weighted by Crippen LogP contribution is -2.44. The number of ether oxygens (including phenoxy) is 2. The molecule has 0 saturated heterocycles. The maximum absolute atomic E-state index is 13.0. The summed E-state index contributed by atoms with van der Waals surface area (Å²) in [6, 6.07) is 23.9. The molecule has 3 N–H and O–H groups in total. The number of carbonyl (C=O) groups is 2. The number of anilines is 1. The number of hydrogen-bond acceptors (Lipinski definition) is 6. The van der Waals surface area contributed by atoms with Crippen LogP contribution in [0.3, 0.4) is 0 Å². The molecular formula is C26H25N5O4. The Morgan fingerprint density at radius 2 is 1.60 bits per heavy atom. The second-order valence-corrected chi connectivity index (χ2v) is 7.49. The fourth-order valence-electron chi connectivity index (χ4n) is 3.37. The van der Waals surface area contributed by atoms with Crippen molar-refractivity contribution in [2.75, 3.05) is 26.1 Å². The van der Waals surface area contributed by atoms with E-state index >= 15 is 0 Å². The van der Waals surface area contributed by atoms with E-state index in [1.807, 2.05) is 48.5 Å². The minimum Gasteiger partial charge on any atom is -0.497 e. The van der Waals surface area contributed by atoms with Crippen LogP contribution >= 0.6 is 0 Å². The van der Waals surface area contributed by atoms with Crippen molar-refractivity contribution in [1.29, 1.82) is 0 Å². The van der Waals surface area contributed by atoms with Gasteiger partial charge < -0.3 is 14.8 Å². The van der Waals surface area contributed by atoms with Crippen molar-refractivity contribution in [2.24, 2.45) is 0 Å². The summed E-state index contributed by atoms with van der Waals surface area (Å²) < 4.78 is 12.1. The van der Waals surface area contributed by atoms with Crippen molar-refractivity contribution >= 4 is 17.5 Å². The molecule has 0 aliphatic heterocycles. The smallest absolute Gasteiger partial charge is 0.273 e. The van der Waals surface area contributed by atoms with Gasteiger partial charge >= 0.3 is 0 Å². The van der Waals surface area contributed by atoms with Gasteiger partial charge in [0.25, 0.3) is 11.8 Å². The normalized spacial score (nSPS) is 10.3. The minimum atomic E-state index is -0.497. The Hall–Kier alpha value is -4.79. The third-order valence-electron chi connectivity index (χ3n) is 5.18. The highest BCUT2D eigenvalue weighted by Gasteiger charge is 2.19. The standard InChI is InChI=1S/C26H25N5O4/c1-34-21-13-11-19(12-14-21)27-16-24(32)28-29-26(33)23-17-31(20-8-4-3-5-9-20)30-25(23)18-7-6-10-22(15-18)35-2/h3-15,17,27H,16H2,1-2H3,(H,28,32)(H,29,33). The molecule has 4 aromatic rings. The zero-order chi connectivity index (χ0) is 24.6. The van der Waals surface area contributed by atoms with Crippen molar-refractivity contribution in [2.45, 2.75) is 0 Å². The van der Waals surface area contributed by atoms with Crippen LogP contribution in [0.2, 0.25) is 0 Å². The summed E-state index contributed by atoms with van der Waals surface area (Å²) >= 11 is 0. The van der Waals surface area contributed by atoms with Crippen LogP contribution < -0.4 is 25.6 Å². The van der Waals surface area contributed by atoms with Crippen LogP contribution in [0.4, 0.5) is 5.69 Å². The molecule has 0 radical (unpaired) electrons. The van der Waals surface area contributed by atoms with E-state index in [-0.39, 0.29) is 6.54 Å². The molecule has 0 fully saturated rings. The summed E-state index contributed by atoms with van der Waals surface area (Å²) in [5.41, 5.74) is 7.91. The van der Waals surface area contributed by atoms with Crippen LogP contribution in [-0.4, -0.2) is 42.4 Å². The largest absolute Gasteiger partial charge is 0.497 e. The molecule has 1 heterocycles. The molecule has 0 unspecified atom stereocenters. The van der Waals surface area contributed by atoms with Crippen LogP contribution in [0.25, 0.3) is 16.9 Å². The van der Waals surface area contributed by atoms with Gasteiger partial charge in [-0.1, -0.05) is 30.3 Å². The van der Waals surface area contributed by atoms with Gasteiger partial charge in [-0.25, -0.2) is 4.68 Å². The Balaban J connectivity index is 1.48. The number of nitrogens with zero attached hydrogens (tertiary/aromatic N) is 2. The average molecular weight is 472 g/mol. The molecule has 178 valence electrons. The summed E-state index contributed by atoms with van der Waals surface area (Å²) in [4.78, 5) is 25.3. The molecule has 0 saturated carbocycles. The number of hydrazine groups is 1. The predicted molar refractivity (Wildman–Crippen MR) is 133 cm³/mol. The number of rotatable bonds is 8. The highest BCUT2D eigenvalue weighted by molar-refractivity contribution is 6.00. The quantitative estimate of drug-likeness (QED) is 0.340. The van der Waals surface area contributed by atoms with Gasteiger partial charge in [0.1, 0.15) is 17.2 Å². The number of hydrogen-bond donors (Lipinski definition) is 3. The number of amides is 2. The van der Waals surface area contributed by atoms with Crippen molar-refractivity contribution in [3.05, 3.63) is 90.6 Å². The summed E-state index contributed by atoms with van der Waals surface area (Å²) in [5, 5.41) is 7.61. The molecule has 0 bridgehead atoms. The number of nitrogens with one attached hydrogen (secondary N) is 3. The monoisotopic (exact) mass is 471 g/mol. The van der Waals surface area contributed by atoms with Crippen molar-refractivity contribution in [3.63, 3.8) is 0 Å². The maximum Gasteiger partial charge on any atom is 0.273 e.